The molecule has 2 N–H and O–H groups in total. The zero-order chi connectivity index (χ0) is 16.8. The van der Waals surface area contributed by atoms with E-state index in [-0.39, 0.29) is 17.9 Å². The molecule has 3 aromatic rings. The quantitative estimate of drug-likeness (QED) is 0.728. The Labute approximate surface area is 138 Å². The van der Waals surface area contributed by atoms with Gasteiger partial charge in [-0.15, -0.1) is 0 Å². The second-order valence-electron chi connectivity index (χ2n) is 5.32. The smallest absolute Gasteiger partial charge is 0.248 e. The monoisotopic (exact) mass is 323 g/mol. The topological polar surface area (TPSA) is 88.0 Å². The lowest BCUT2D eigenvalue weighted by Gasteiger charge is -2.03. The molecule has 0 radical (unpaired) electrons. The molecular formula is C18H17N3O3. The number of oxazole rings is 1. The van der Waals surface area contributed by atoms with Crippen molar-refractivity contribution in [3.05, 3.63) is 76.7 Å². The van der Waals surface area contributed by atoms with Gasteiger partial charge in [0.15, 0.2) is 11.7 Å². The predicted octanol–water partition coefficient (Wildman–Crippen LogP) is 2.28. The number of rotatable bonds is 6. The number of carbonyl (C=O) groups excluding carboxylic acids is 1. The average molecular weight is 323 g/mol. The molecule has 122 valence electrons. The molecule has 0 spiro atoms. The van der Waals surface area contributed by atoms with E-state index >= 15 is 0 Å². The number of benzene rings is 1. The Morgan fingerprint density at radius 2 is 2.04 bits per heavy atom. The lowest BCUT2D eigenvalue weighted by molar-refractivity contribution is -0.121. The first-order valence-corrected chi connectivity index (χ1v) is 7.65. The fourth-order valence-corrected chi connectivity index (χ4v) is 2.27. The number of pyridine rings is 1. The molecule has 0 saturated heterocycles. The van der Waals surface area contributed by atoms with E-state index in [4.69, 9.17) is 4.42 Å². The van der Waals surface area contributed by atoms with Gasteiger partial charge in [0.05, 0.1) is 6.20 Å². The molecule has 0 fully saturated rings. The number of hydrogen-bond donors (Lipinski definition) is 2. The summed E-state index contributed by atoms with van der Waals surface area (Å²) in [5.41, 5.74) is 1.53. The van der Waals surface area contributed by atoms with Crippen molar-refractivity contribution in [1.29, 1.82) is 0 Å². The molecule has 0 bridgehead atoms. The standard InChI is InChI=1S/C18H17N3O3/c22-16(20-11-13-8-9-19-17(23)10-13)6-7-18-21-12-15(24-18)14-4-2-1-3-5-14/h1-5,8-10,12H,6-7,11H2,(H,19,23)(H,20,22). The van der Waals surface area contributed by atoms with Crippen molar-refractivity contribution in [3.8, 4) is 11.3 Å². The van der Waals surface area contributed by atoms with E-state index in [0.29, 0.717) is 24.6 Å². The van der Waals surface area contributed by atoms with Gasteiger partial charge in [-0.25, -0.2) is 4.98 Å². The summed E-state index contributed by atoms with van der Waals surface area (Å²) < 4.78 is 5.66. The van der Waals surface area contributed by atoms with Crippen molar-refractivity contribution in [1.82, 2.24) is 15.3 Å². The molecule has 1 amide bonds. The van der Waals surface area contributed by atoms with E-state index in [1.807, 2.05) is 30.3 Å². The van der Waals surface area contributed by atoms with E-state index < -0.39 is 0 Å². The number of aromatic amines is 1. The van der Waals surface area contributed by atoms with Gasteiger partial charge >= 0.3 is 0 Å². The summed E-state index contributed by atoms with van der Waals surface area (Å²) in [6.45, 7) is 0.323. The Bertz CT molecular complexity index is 868. The highest BCUT2D eigenvalue weighted by Gasteiger charge is 2.08. The maximum Gasteiger partial charge on any atom is 0.248 e. The summed E-state index contributed by atoms with van der Waals surface area (Å²) in [5, 5.41) is 2.77. The Morgan fingerprint density at radius 1 is 1.21 bits per heavy atom. The van der Waals surface area contributed by atoms with Crippen LogP contribution in [0.4, 0.5) is 0 Å². The molecule has 0 aliphatic rings. The van der Waals surface area contributed by atoms with Gasteiger partial charge < -0.3 is 14.7 Å². The van der Waals surface area contributed by atoms with Gasteiger partial charge in [-0.05, 0) is 11.6 Å². The first-order valence-electron chi connectivity index (χ1n) is 7.65. The molecule has 0 atom stereocenters. The van der Waals surface area contributed by atoms with Gasteiger partial charge in [0, 0.05) is 37.2 Å². The summed E-state index contributed by atoms with van der Waals surface area (Å²) >= 11 is 0. The Hall–Kier alpha value is -3.15. The zero-order valence-corrected chi connectivity index (χ0v) is 13.0. The summed E-state index contributed by atoms with van der Waals surface area (Å²) in [6.07, 6.45) is 3.92. The first-order chi connectivity index (χ1) is 11.7. The number of amides is 1. The summed E-state index contributed by atoms with van der Waals surface area (Å²) in [7, 11) is 0. The molecule has 6 heteroatoms. The molecule has 2 aromatic heterocycles. The fraction of sp³-hybridized carbons (Fsp3) is 0.167. The highest BCUT2D eigenvalue weighted by Crippen LogP contribution is 2.20. The highest BCUT2D eigenvalue weighted by molar-refractivity contribution is 5.76. The minimum Gasteiger partial charge on any atom is -0.441 e. The number of nitrogens with one attached hydrogen (secondary N) is 2. The van der Waals surface area contributed by atoms with Gasteiger partial charge in [0.25, 0.3) is 0 Å². The molecule has 6 nitrogen and oxygen atoms in total. The van der Waals surface area contributed by atoms with Crippen LogP contribution in [0.3, 0.4) is 0 Å². The molecule has 3 rings (SSSR count). The molecule has 1 aromatic carbocycles. The van der Waals surface area contributed by atoms with Gasteiger partial charge in [-0.1, -0.05) is 30.3 Å². The molecular weight excluding hydrogens is 306 g/mol. The molecule has 0 aliphatic carbocycles. The Kier molecular flexibility index (Phi) is 4.86. The van der Waals surface area contributed by atoms with Crippen molar-refractivity contribution in [2.45, 2.75) is 19.4 Å². The van der Waals surface area contributed by atoms with Crippen LogP contribution in [0.15, 0.2) is 64.1 Å². The third kappa shape index (κ3) is 4.19. The number of nitrogens with zero attached hydrogens (tertiary/aromatic N) is 1. The minimum absolute atomic E-state index is 0.116. The third-order valence-corrected chi connectivity index (χ3v) is 3.51. The van der Waals surface area contributed by atoms with E-state index in [1.54, 1.807) is 18.5 Å². The summed E-state index contributed by atoms with van der Waals surface area (Å²) in [5.74, 6) is 1.10. The molecule has 2 heterocycles. The van der Waals surface area contributed by atoms with Crippen LogP contribution in [0, 0.1) is 0 Å². The van der Waals surface area contributed by atoms with E-state index in [2.05, 4.69) is 15.3 Å². The fourth-order valence-electron chi connectivity index (χ4n) is 2.27. The second-order valence-corrected chi connectivity index (χ2v) is 5.32. The third-order valence-electron chi connectivity index (χ3n) is 3.51. The zero-order valence-electron chi connectivity index (χ0n) is 13.0. The van der Waals surface area contributed by atoms with Crippen molar-refractivity contribution in [2.24, 2.45) is 0 Å². The number of carbonyl (C=O) groups is 1. The number of aromatic nitrogens is 2. The van der Waals surface area contributed by atoms with Crippen LogP contribution in [0.1, 0.15) is 17.9 Å². The molecule has 0 unspecified atom stereocenters. The Balaban J connectivity index is 1.50. The number of H-pyrrole nitrogens is 1. The highest BCUT2D eigenvalue weighted by atomic mass is 16.4. The first kappa shape index (κ1) is 15.7. The van der Waals surface area contributed by atoms with Crippen molar-refractivity contribution in [2.75, 3.05) is 0 Å². The molecule has 0 aliphatic heterocycles. The lowest BCUT2D eigenvalue weighted by atomic mass is 10.2. The van der Waals surface area contributed by atoms with E-state index in [1.165, 1.54) is 6.07 Å². The predicted molar refractivity (Wildman–Crippen MR) is 89.2 cm³/mol. The number of aryl methyl sites for hydroxylation is 1. The lowest BCUT2D eigenvalue weighted by Crippen LogP contribution is -2.23. The van der Waals surface area contributed by atoms with Gasteiger partial charge in [-0.2, -0.15) is 0 Å². The normalized spacial score (nSPS) is 10.5. The molecule has 24 heavy (non-hydrogen) atoms. The van der Waals surface area contributed by atoms with Crippen LogP contribution >= 0.6 is 0 Å². The maximum absolute atomic E-state index is 11.9. The number of hydrogen-bond acceptors (Lipinski definition) is 4. The van der Waals surface area contributed by atoms with Crippen LogP contribution in [-0.2, 0) is 17.8 Å². The van der Waals surface area contributed by atoms with Gasteiger partial charge in [0.2, 0.25) is 11.5 Å². The van der Waals surface area contributed by atoms with E-state index in [9.17, 15) is 9.59 Å². The largest absolute Gasteiger partial charge is 0.441 e. The van der Waals surface area contributed by atoms with Crippen molar-refractivity contribution in [3.63, 3.8) is 0 Å². The SMILES string of the molecule is O=C(CCc1ncc(-c2ccccc2)o1)NCc1cc[nH]c(=O)c1. The minimum atomic E-state index is -0.185. The summed E-state index contributed by atoms with van der Waals surface area (Å²) in [4.78, 5) is 29.8. The van der Waals surface area contributed by atoms with Crippen LogP contribution in [-0.4, -0.2) is 15.9 Å². The van der Waals surface area contributed by atoms with Gasteiger partial charge in [-0.3, -0.25) is 9.59 Å². The van der Waals surface area contributed by atoms with Crippen LogP contribution in [0.25, 0.3) is 11.3 Å². The van der Waals surface area contributed by atoms with Crippen molar-refractivity contribution < 1.29 is 9.21 Å². The van der Waals surface area contributed by atoms with Gasteiger partial charge in [0.1, 0.15) is 0 Å². The van der Waals surface area contributed by atoms with Crippen LogP contribution < -0.4 is 10.9 Å². The van der Waals surface area contributed by atoms with Crippen LogP contribution in [0.5, 0.6) is 0 Å². The van der Waals surface area contributed by atoms with Crippen LogP contribution in [0.2, 0.25) is 0 Å². The summed E-state index contributed by atoms with van der Waals surface area (Å²) in [6, 6.07) is 12.9. The average Bonchev–Trinajstić information content (AvgIpc) is 3.08. The van der Waals surface area contributed by atoms with Crippen molar-refractivity contribution >= 4 is 5.91 Å². The Morgan fingerprint density at radius 3 is 2.83 bits per heavy atom. The second kappa shape index (κ2) is 7.41. The molecule has 0 saturated carbocycles. The van der Waals surface area contributed by atoms with E-state index in [0.717, 1.165) is 11.1 Å². The maximum atomic E-state index is 11.9.